The van der Waals surface area contributed by atoms with Crippen molar-refractivity contribution in [3.05, 3.63) is 116 Å². The number of nitro groups is 1. The second-order valence-corrected chi connectivity index (χ2v) is 7.51. The maximum absolute atomic E-state index is 13.1. The number of carbonyl (C=O) groups excluding carboxylic acids is 1. The lowest BCUT2D eigenvalue weighted by molar-refractivity contribution is -0.384. The molecule has 152 valence electrons. The third-order valence-corrected chi connectivity index (χ3v) is 5.00. The summed E-state index contributed by atoms with van der Waals surface area (Å²) >= 11 is 3.39. The summed E-state index contributed by atoms with van der Waals surface area (Å²) in [5, 5.41) is 16.4. The minimum atomic E-state index is -0.468. The highest BCUT2D eigenvalue weighted by Crippen LogP contribution is 2.23. The Morgan fingerprint density at radius 3 is 2.23 bits per heavy atom. The van der Waals surface area contributed by atoms with Crippen molar-refractivity contribution in [2.45, 2.75) is 0 Å². The van der Waals surface area contributed by atoms with Gasteiger partial charge in [0.2, 0.25) is 0 Å². The number of halogens is 1. The molecule has 0 fully saturated rings. The van der Waals surface area contributed by atoms with E-state index >= 15 is 0 Å². The van der Waals surface area contributed by atoms with E-state index in [0.717, 1.165) is 15.6 Å². The largest absolute Gasteiger partial charge is 0.298 e. The van der Waals surface area contributed by atoms with Crippen LogP contribution in [-0.2, 0) is 4.79 Å². The Morgan fingerprint density at radius 1 is 0.935 bits per heavy atom. The van der Waals surface area contributed by atoms with Gasteiger partial charge < -0.3 is 0 Å². The van der Waals surface area contributed by atoms with Crippen molar-refractivity contribution in [2.24, 2.45) is 10.1 Å². The molecule has 31 heavy (non-hydrogen) atoms. The molecule has 1 amide bonds. The third kappa shape index (κ3) is 4.65. The number of nitro benzene ring substituents is 1. The molecule has 4 rings (SSSR count). The highest BCUT2D eigenvalue weighted by Gasteiger charge is 2.31. The molecule has 0 unspecified atom stereocenters. The van der Waals surface area contributed by atoms with Gasteiger partial charge in [0.25, 0.3) is 11.6 Å². The first-order valence-corrected chi connectivity index (χ1v) is 10.0. The smallest absolute Gasteiger partial charge is 0.265 e. The van der Waals surface area contributed by atoms with Crippen LogP contribution < -0.4 is 0 Å². The summed E-state index contributed by atoms with van der Waals surface area (Å²) in [5.41, 5.74) is 2.46. The van der Waals surface area contributed by atoms with Crippen LogP contribution in [-0.4, -0.2) is 27.9 Å². The van der Waals surface area contributed by atoms with E-state index in [1.807, 2.05) is 54.6 Å². The van der Waals surface area contributed by atoms with E-state index < -0.39 is 4.92 Å². The van der Waals surface area contributed by atoms with E-state index in [4.69, 9.17) is 0 Å². The van der Waals surface area contributed by atoms with E-state index in [1.165, 1.54) is 23.4 Å². The maximum atomic E-state index is 13.1. The SMILES string of the molecule is O=C1/C(=C/c2ccc(Br)cc2)N=C(c2ccccc2)N1/N=C/c1ccc([N+](=O)[O-])cc1. The molecule has 1 heterocycles. The number of hydrazone groups is 1. The molecule has 0 saturated heterocycles. The van der Waals surface area contributed by atoms with Gasteiger partial charge in [-0.1, -0.05) is 58.4 Å². The monoisotopic (exact) mass is 474 g/mol. The van der Waals surface area contributed by atoms with Crippen molar-refractivity contribution in [3.63, 3.8) is 0 Å². The Kier molecular flexibility index (Phi) is 5.81. The number of non-ortho nitro benzene ring substituents is 1. The molecule has 0 aromatic heterocycles. The Balaban J connectivity index is 1.68. The second kappa shape index (κ2) is 8.85. The van der Waals surface area contributed by atoms with E-state index in [2.05, 4.69) is 26.0 Å². The topological polar surface area (TPSA) is 88.2 Å². The van der Waals surface area contributed by atoms with Crippen molar-refractivity contribution in [2.75, 3.05) is 0 Å². The number of hydrogen-bond acceptors (Lipinski definition) is 5. The lowest BCUT2D eigenvalue weighted by atomic mass is 10.2. The zero-order valence-electron chi connectivity index (χ0n) is 16.1. The predicted octanol–water partition coefficient (Wildman–Crippen LogP) is 5.02. The Labute approximate surface area is 186 Å². The molecule has 0 N–H and O–H groups in total. The number of hydrogen-bond donors (Lipinski definition) is 0. The van der Waals surface area contributed by atoms with Crippen LogP contribution in [0.4, 0.5) is 5.69 Å². The Hall–Kier alpha value is -3.91. The number of aliphatic imine (C=N–C) groups is 1. The fraction of sp³-hybridized carbons (Fsp3) is 0. The molecule has 0 atom stereocenters. The van der Waals surface area contributed by atoms with E-state index in [-0.39, 0.29) is 17.3 Å². The normalized spacial score (nSPS) is 15.0. The number of rotatable bonds is 5. The van der Waals surface area contributed by atoms with Gasteiger partial charge in [-0.2, -0.15) is 10.1 Å². The van der Waals surface area contributed by atoms with Gasteiger partial charge in [0.15, 0.2) is 5.84 Å². The number of benzene rings is 3. The number of nitrogens with zero attached hydrogens (tertiary/aromatic N) is 4. The lowest BCUT2D eigenvalue weighted by Crippen LogP contribution is -2.27. The van der Waals surface area contributed by atoms with Crippen LogP contribution in [0.2, 0.25) is 0 Å². The summed E-state index contributed by atoms with van der Waals surface area (Å²) in [4.78, 5) is 27.9. The minimum Gasteiger partial charge on any atom is -0.265 e. The van der Waals surface area contributed by atoms with Gasteiger partial charge in [0.05, 0.1) is 11.1 Å². The summed E-state index contributed by atoms with van der Waals surface area (Å²) in [5.74, 6) is 0.0482. The summed E-state index contributed by atoms with van der Waals surface area (Å²) in [7, 11) is 0. The van der Waals surface area contributed by atoms with Crippen molar-refractivity contribution in [1.29, 1.82) is 0 Å². The van der Waals surface area contributed by atoms with Gasteiger partial charge in [0.1, 0.15) is 5.70 Å². The molecule has 8 heteroatoms. The number of amides is 1. The van der Waals surface area contributed by atoms with Crippen molar-refractivity contribution in [3.8, 4) is 0 Å². The van der Waals surface area contributed by atoms with Crippen molar-refractivity contribution < 1.29 is 9.72 Å². The molecule has 3 aromatic rings. The standard InChI is InChI=1S/C23H15BrN4O3/c24-19-10-6-16(7-11-19)14-21-23(29)27(22(26-21)18-4-2-1-3-5-18)25-15-17-8-12-20(13-9-17)28(30)31/h1-15H/b21-14-,25-15+. The first-order valence-electron chi connectivity index (χ1n) is 9.25. The van der Waals surface area contributed by atoms with Crippen LogP contribution in [0.25, 0.3) is 6.08 Å². The third-order valence-electron chi connectivity index (χ3n) is 4.47. The molecule has 0 bridgehead atoms. The highest BCUT2D eigenvalue weighted by molar-refractivity contribution is 9.10. The average molecular weight is 475 g/mol. The molecule has 3 aromatic carbocycles. The predicted molar refractivity (Wildman–Crippen MR) is 123 cm³/mol. The van der Waals surface area contributed by atoms with Crippen LogP contribution >= 0.6 is 15.9 Å². The zero-order chi connectivity index (χ0) is 21.8. The van der Waals surface area contributed by atoms with Gasteiger partial charge in [-0.3, -0.25) is 14.9 Å². The van der Waals surface area contributed by atoms with E-state index in [1.54, 1.807) is 18.2 Å². The first-order chi connectivity index (χ1) is 15.0. The maximum Gasteiger partial charge on any atom is 0.298 e. The number of amidine groups is 1. The molecular formula is C23H15BrN4O3. The summed E-state index contributed by atoms with van der Waals surface area (Å²) in [6, 6.07) is 22.7. The molecule has 1 aliphatic rings. The number of carbonyl (C=O) groups is 1. The van der Waals surface area contributed by atoms with E-state index in [9.17, 15) is 14.9 Å². The van der Waals surface area contributed by atoms with Crippen molar-refractivity contribution >= 4 is 45.7 Å². The van der Waals surface area contributed by atoms with Gasteiger partial charge in [-0.25, -0.2) is 4.99 Å². The quantitative estimate of drug-likeness (QED) is 0.225. The van der Waals surface area contributed by atoms with E-state index in [0.29, 0.717) is 11.4 Å². The summed E-state index contributed by atoms with van der Waals surface area (Å²) in [6.45, 7) is 0. The minimum absolute atomic E-state index is 0.0133. The lowest BCUT2D eigenvalue weighted by Gasteiger charge is -2.11. The van der Waals surface area contributed by atoms with Crippen molar-refractivity contribution in [1.82, 2.24) is 5.01 Å². The first kappa shape index (κ1) is 20.4. The van der Waals surface area contributed by atoms with Crippen LogP contribution in [0.3, 0.4) is 0 Å². The van der Waals surface area contributed by atoms with Gasteiger partial charge in [-0.15, -0.1) is 0 Å². The van der Waals surface area contributed by atoms with Crippen LogP contribution in [0, 0.1) is 10.1 Å². The van der Waals surface area contributed by atoms with Gasteiger partial charge in [-0.05, 0) is 41.5 Å². The summed E-state index contributed by atoms with van der Waals surface area (Å²) in [6.07, 6.45) is 3.18. The highest BCUT2D eigenvalue weighted by atomic mass is 79.9. The Bertz CT molecular complexity index is 1220. The fourth-order valence-electron chi connectivity index (χ4n) is 2.91. The van der Waals surface area contributed by atoms with Crippen LogP contribution in [0.1, 0.15) is 16.7 Å². The summed E-state index contributed by atoms with van der Waals surface area (Å²) < 4.78 is 0.940. The molecule has 7 nitrogen and oxygen atoms in total. The molecule has 0 radical (unpaired) electrons. The zero-order valence-corrected chi connectivity index (χ0v) is 17.6. The Morgan fingerprint density at radius 2 is 1.58 bits per heavy atom. The molecule has 0 spiro atoms. The molecule has 0 aliphatic carbocycles. The average Bonchev–Trinajstić information content (AvgIpc) is 3.10. The van der Waals surface area contributed by atoms with Gasteiger partial charge >= 0.3 is 0 Å². The van der Waals surface area contributed by atoms with Crippen LogP contribution in [0.15, 0.2) is 99.1 Å². The molecule has 0 saturated carbocycles. The molecule has 1 aliphatic heterocycles. The van der Waals surface area contributed by atoms with Crippen LogP contribution in [0.5, 0.6) is 0 Å². The molecular weight excluding hydrogens is 460 g/mol. The fourth-order valence-corrected chi connectivity index (χ4v) is 3.18. The van der Waals surface area contributed by atoms with Gasteiger partial charge in [0, 0.05) is 22.2 Å². The second-order valence-electron chi connectivity index (χ2n) is 6.59.